The number of nitrogens with one attached hydrogen (secondary N) is 2. The highest BCUT2D eigenvalue weighted by Gasteiger charge is 2.06. The fourth-order valence-electron chi connectivity index (χ4n) is 1.73. The van der Waals surface area contributed by atoms with Crippen LogP contribution in [0.4, 0.5) is 10.8 Å². The van der Waals surface area contributed by atoms with Gasteiger partial charge in [0.1, 0.15) is 0 Å². The van der Waals surface area contributed by atoms with E-state index in [2.05, 4.69) is 15.6 Å². The molecule has 0 aliphatic carbocycles. The lowest BCUT2D eigenvalue weighted by molar-refractivity contribution is 1.47. The second-order valence-electron chi connectivity index (χ2n) is 4.08. The van der Waals surface area contributed by atoms with Crippen molar-refractivity contribution < 1.29 is 0 Å². The average molecular weight is 320 g/mol. The molecule has 0 saturated heterocycles. The number of fused-ring (bicyclic) bond motifs is 1. The largest absolute Gasteiger partial charge is 0.332 e. The predicted molar refractivity (Wildman–Crippen MR) is 90.9 cm³/mol. The van der Waals surface area contributed by atoms with Crippen molar-refractivity contribution in [2.75, 3.05) is 10.6 Å². The van der Waals surface area contributed by atoms with Crippen LogP contribution < -0.4 is 10.6 Å². The summed E-state index contributed by atoms with van der Waals surface area (Å²) in [6.07, 6.45) is 0. The summed E-state index contributed by atoms with van der Waals surface area (Å²) in [7, 11) is 0. The van der Waals surface area contributed by atoms with Crippen LogP contribution in [0.25, 0.3) is 10.2 Å². The molecule has 0 unspecified atom stereocenters. The molecule has 3 nitrogen and oxygen atoms in total. The molecule has 1 aromatic heterocycles. The number of thiazole rings is 1. The molecular weight excluding hydrogens is 310 g/mol. The molecule has 0 atom stereocenters. The van der Waals surface area contributed by atoms with Crippen LogP contribution in [0, 0.1) is 0 Å². The van der Waals surface area contributed by atoms with Gasteiger partial charge in [-0.1, -0.05) is 41.1 Å². The molecule has 0 amide bonds. The van der Waals surface area contributed by atoms with Crippen LogP contribution in [0.1, 0.15) is 0 Å². The van der Waals surface area contributed by atoms with Gasteiger partial charge >= 0.3 is 0 Å². The van der Waals surface area contributed by atoms with Gasteiger partial charge in [-0.25, -0.2) is 4.98 Å². The van der Waals surface area contributed by atoms with Crippen LogP contribution in [0.2, 0.25) is 5.02 Å². The SMILES string of the molecule is S=C(Nc1ccccc1)Nc1nc2ccc(Cl)cc2s1. The van der Waals surface area contributed by atoms with Gasteiger partial charge in [0, 0.05) is 10.7 Å². The molecule has 0 fully saturated rings. The minimum Gasteiger partial charge on any atom is -0.332 e. The van der Waals surface area contributed by atoms with Gasteiger partial charge in [-0.3, -0.25) is 0 Å². The first-order valence-electron chi connectivity index (χ1n) is 5.90. The number of aromatic nitrogens is 1. The number of halogens is 1. The summed E-state index contributed by atoms with van der Waals surface area (Å²) in [5, 5.41) is 8.16. The van der Waals surface area contributed by atoms with E-state index in [0.29, 0.717) is 10.1 Å². The Hall–Kier alpha value is -1.69. The van der Waals surface area contributed by atoms with Gasteiger partial charge in [-0.2, -0.15) is 0 Å². The van der Waals surface area contributed by atoms with Gasteiger partial charge in [0.2, 0.25) is 0 Å². The summed E-state index contributed by atoms with van der Waals surface area (Å²) in [6.45, 7) is 0. The van der Waals surface area contributed by atoms with Crippen LogP contribution in [-0.2, 0) is 0 Å². The van der Waals surface area contributed by atoms with Gasteiger partial charge in [0.05, 0.1) is 10.2 Å². The molecule has 6 heteroatoms. The van der Waals surface area contributed by atoms with Crippen molar-refractivity contribution in [3.63, 3.8) is 0 Å². The normalized spacial score (nSPS) is 10.4. The van der Waals surface area contributed by atoms with Crippen molar-refractivity contribution in [3.05, 3.63) is 53.6 Å². The highest BCUT2D eigenvalue weighted by molar-refractivity contribution is 7.80. The molecule has 0 saturated carbocycles. The summed E-state index contributed by atoms with van der Waals surface area (Å²) in [5.74, 6) is 0. The number of rotatable bonds is 2. The summed E-state index contributed by atoms with van der Waals surface area (Å²) in [4.78, 5) is 4.46. The number of anilines is 2. The molecular formula is C14H10ClN3S2. The van der Waals surface area contributed by atoms with Crippen molar-refractivity contribution in [1.29, 1.82) is 0 Å². The zero-order chi connectivity index (χ0) is 13.9. The summed E-state index contributed by atoms with van der Waals surface area (Å²) >= 11 is 12.7. The number of para-hydroxylation sites is 1. The second-order valence-corrected chi connectivity index (χ2v) is 5.95. The van der Waals surface area contributed by atoms with Crippen molar-refractivity contribution >= 4 is 61.3 Å². The second kappa shape index (κ2) is 5.75. The molecule has 2 aromatic carbocycles. The van der Waals surface area contributed by atoms with Gasteiger partial charge in [-0.15, -0.1) is 0 Å². The maximum atomic E-state index is 5.96. The molecule has 3 rings (SSSR count). The highest BCUT2D eigenvalue weighted by Crippen LogP contribution is 2.28. The fourth-order valence-corrected chi connectivity index (χ4v) is 3.16. The third-order valence-electron chi connectivity index (χ3n) is 2.60. The van der Waals surface area contributed by atoms with Crippen LogP contribution >= 0.6 is 35.2 Å². The topological polar surface area (TPSA) is 37.0 Å². The van der Waals surface area contributed by atoms with Crippen LogP contribution in [0.3, 0.4) is 0 Å². The van der Waals surface area contributed by atoms with Crippen LogP contribution in [-0.4, -0.2) is 10.1 Å². The lowest BCUT2D eigenvalue weighted by Gasteiger charge is -2.07. The zero-order valence-electron chi connectivity index (χ0n) is 10.3. The van der Waals surface area contributed by atoms with E-state index < -0.39 is 0 Å². The third kappa shape index (κ3) is 3.07. The fraction of sp³-hybridized carbons (Fsp3) is 0. The standard InChI is InChI=1S/C14H10ClN3S2/c15-9-6-7-11-12(8-9)20-14(17-11)18-13(19)16-10-4-2-1-3-5-10/h1-8H,(H2,16,17,18,19). The summed E-state index contributed by atoms with van der Waals surface area (Å²) in [5.41, 5.74) is 1.85. The maximum Gasteiger partial charge on any atom is 0.190 e. The monoisotopic (exact) mass is 319 g/mol. The Bertz CT molecular complexity index is 755. The first kappa shape index (κ1) is 13.3. The minimum absolute atomic E-state index is 0.515. The highest BCUT2D eigenvalue weighted by atomic mass is 35.5. The number of hydrogen-bond donors (Lipinski definition) is 2. The summed E-state index contributed by atoms with van der Waals surface area (Å²) < 4.78 is 1.03. The van der Waals surface area contributed by atoms with E-state index in [-0.39, 0.29) is 0 Å². The number of hydrogen-bond acceptors (Lipinski definition) is 3. The minimum atomic E-state index is 0.515. The molecule has 0 radical (unpaired) electrons. The van der Waals surface area contributed by atoms with E-state index >= 15 is 0 Å². The van der Waals surface area contributed by atoms with Gasteiger partial charge < -0.3 is 10.6 Å². The molecule has 2 N–H and O–H groups in total. The molecule has 0 spiro atoms. The number of thiocarbonyl (C=S) groups is 1. The van der Waals surface area contributed by atoms with Crippen molar-refractivity contribution in [1.82, 2.24) is 4.98 Å². The first-order valence-corrected chi connectivity index (χ1v) is 7.50. The third-order valence-corrected chi connectivity index (χ3v) is 3.98. The van der Waals surface area contributed by atoms with E-state index in [9.17, 15) is 0 Å². The van der Waals surface area contributed by atoms with Crippen LogP contribution in [0.5, 0.6) is 0 Å². The van der Waals surface area contributed by atoms with Crippen molar-refractivity contribution in [2.45, 2.75) is 0 Å². The first-order chi connectivity index (χ1) is 9.70. The lowest BCUT2D eigenvalue weighted by Crippen LogP contribution is -2.18. The summed E-state index contributed by atoms with van der Waals surface area (Å²) in [6, 6.07) is 15.4. The molecule has 0 aliphatic rings. The Balaban J connectivity index is 1.74. The molecule has 100 valence electrons. The van der Waals surface area contributed by atoms with E-state index in [1.54, 1.807) is 0 Å². The van der Waals surface area contributed by atoms with Crippen LogP contribution in [0.15, 0.2) is 48.5 Å². The Morgan fingerprint density at radius 3 is 2.70 bits per heavy atom. The van der Waals surface area contributed by atoms with E-state index in [0.717, 1.165) is 21.0 Å². The lowest BCUT2D eigenvalue weighted by atomic mass is 10.3. The van der Waals surface area contributed by atoms with Crippen molar-refractivity contribution in [3.8, 4) is 0 Å². The van der Waals surface area contributed by atoms with Gasteiger partial charge in [0.25, 0.3) is 0 Å². The van der Waals surface area contributed by atoms with Crippen molar-refractivity contribution in [2.24, 2.45) is 0 Å². The zero-order valence-corrected chi connectivity index (χ0v) is 12.6. The molecule has 1 heterocycles. The molecule has 20 heavy (non-hydrogen) atoms. The quantitative estimate of drug-likeness (QED) is 0.668. The Morgan fingerprint density at radius 1 is 1.10 bits per heavy atom. The number of nitrogens with zero attached hydrogens (tertiary/aromatic N) is 1. The Morgan fingerprint density at radius 2 is 1.90 bits per heavy atom. The van der Waals surface area contributed by atoms with E-state index in [1.165, 1.54) is 11.3 Å². The Labute approximate surface area is 130 Å². The van der Waals surface area contributed by atoms with Gasteiger partial charge in [0.15, 0.2) is 10.2 Å². The molecule has 0 aliphatic heterocycles. The maximum absolute atomic E-state index is 5.96. The van der Waals surface area contributed by atoms with Gasteiger partial charge in [-0.05, 0) is 42.5 Å². The predicted octanol–water partition coefficient (Wildman–Crippen LogP) is 4.76. The van der Waals surface area contributed by atoms with E-state index in [1.807, 2.05) is 48.5 Å². The average Bonchev–Trinajstić information content (AvgIpc) is 2.80. The van der Waals surface area contributed by atoms with E-state index in [4.69, 9.17) is 23.8 Å². The Kier molecular flexibility index (Phi) is 3.82. The molecule has 0 bridgehead atoms. The smallest absolute Gasteiger partial charge is 0.190 e. The molecule has 3 aromatic rings. The number of benzene rings is 2.